The second-order valence-corrected chi connectivity index (χ2v) is 8.47. The first kappa shape index (κ1) is 20.5. The van der Waals surface area contributed by atoms with Crippen LogP contribution in [0.1, 0.15) is 31.0 Å². The van der Waals surface area contributed by atoms with Crippen molar-refractivity contribution in [1.82, 2.24) is 15.6 Å². The smallest absolute Gasteiger partial charge is 0.191 e. The third-order valence-corrected chi connectivity index (χ3v) is 6.19. The van der Waals surface area contributed by atoms with Crippen LogP contribution in [0.2, 0.25) is 0 Å². The highest BCUT2D eigenvalue weighted by Gasteiger charge is 2.15. The first-order valence-corrected chi connectivity index (χ1v) is 10.8. The zero-order chi connectivity index (χ0) is 19.9. The molecule has 0 radical (unpaired) electrons. The van der Waals surface area contributed by atoms with Gasteiger partial charge in [-0.25, -0.2) is 4.98 Å². The highest BCUT2D eigenvalue weighted by Crippen LogP contribution is 2.23. The van der Waals surface area contributed by atoms with E-state index >= 15 is 0 Å². The van der Waals surface area contributed by atoms with Crippen LogP contribution in [0.5, 0.6) is 0 Å². The summed E-state index contributed by atoms with van der Waals surface area (Å²) < 4.78 is 0. The number of aromatic nitrogens is 1. The van der Waals surface area contributed by atoms with Gasteiger partial charge < -0.3 is 20.4 Å². The Labute approximate surface area is 172 Å². The summed E-state index contributed by atoms with van der Waals surface area (Å²) in [5, 5.41) is 9.81. The van der Waals surface area contributed by atoms with Crippen molar-refractivity contribution in [3.8, 4) is 0 Å². The predicted molar refractivity (Wildman–Crippen MR) is 121 cm³/mol. The van der Waals surface area contributed by atoms with E-state index in [1.54, 1.807) is 18.4 Å². The molecule has 0 unspecified atom stereocenters. The Morgan fingerprint density at radius 2 is 1.86 bits per heavy atom. The van der Waals surface area contributed by atoms with Crippen LogP contribution < -0.4 is 20.4 Å². The average Bonchev–Trinajstić information content (AvgIpc) is 3.19. The minimum atomic E-state index is 0.663. The summed E-state index contributed by atoms with van der Waals surface area (Å²) in [4.78, 5) is 13.4. The maximum atomic E-state index is 4.59. The van der Waals surface area contributed by atoms with Crippen molar-refractivity contribution in [2.24, 2.45) is 10.9 Å². The van der Waals surface area contributed by atoms with Gasteiger partial charge in [0.2, 0.25) is 0 Å². The van der Waals surface area contributed by atoms with Gasteiger partial charge in [-0.1, -0.05) is 19.1 Å². The molecule has 0 atom stereocenters. The highest BCUT2D eigenvalue weighted by molar-refractivity contribution is 7.13. The molecule has 28 heavy (non-hydrogen) atoms. The minimum absolute atomic E-state index is 0.663. The molecular formula is C21H32N6S. The number of aliphatic imine (C=N–C) groups is 1. The molecule has 0 bridgehead atoms. The number of nitrogens with one attached hydrogen (secondary N) is 2. The second kappa shape index (κ2) is 9.78. The Kier molecular flexibility index (Phi) is 7.14. The van der Waals surface area contributed by atoms with E-state index in [1.165, 1.54) is 37.2 Å². The molecule has 0 aliphatic carbocycles. The topological polar surface area (TPSA) is 55.8 Å². The van der Waals surface area contributed by atoms with Gasteiger partial charge in [0.25, 0.3) is 0 Å². The maximum Gasteiger partial charge on any atom is 0.191 e. The van der Waals surface area contributed by atoms with Crippen LogP contribution in [-0.2, 0) is 13.1 Å². The van der Waals surface area contributed by atoms with Crippen LogP contribution in [0.15, 0.2) is 34.6 Å². The molecule has 3 rings (SSSR count). The van der Waals surface area contributed by atoms with E-state index in [2.05, 4.69) is 62.1 Å². The van der Waals surface area contributed by atoms with Crippen molar-refractivity contribution in [1.29, 1.82) is 0 Å². The highest BCUT2D eigenvalue weighted by atomic mass is 32.1. The van der Waals surface area contributed by atoms with Gasteiger partial charge in [-0.3, -0.25) is 4.99 Å². The van der Waals surface area contributed by atoms with E-state index in [9.17, 15) is 0 Å². The molecule has 0 amide bonds. The number of nitrogens with zero attached hydrogens (tertiary/aromatic N) is 4. The molecular weight excluding hydrogens is 368 g/mol. The molecule has 1 aromatic carbocycles. The zero-order valence-corrected chi connectivity index (χ0v) is 18.2. The molecule has 152 valence electrons. The minimum Gasteiger partial charge on any atom is -0.372 e. The Bertz CT molecular complexity index is 759. The summed E-state index contributed by atoms with van der Waals surface area (Å²) in [6, 6.07) is 8.89. The number of anilines is 2. The summed E-state index contributed by atoms with van der Waals surface area (Å²) in [7, 11) is 5.81. The first-order valence-electron chi connectivity index (χ1n) is 9.95. The lowest BCUT2D eigenvalue weighted by molar-refractivity contribution is 0.438. The molecule has 2 heterocycles. The molecule has 6 nitrogen and oxygen atoms in total. The Morgan fingerprint density at radius 1 is 1.18 bits per heavy atom. The quantitative estimate of drug-likeness (QED) is 0.576. The number of hydrogen-bond acceptors (Lipinski definition) is 5. The standard InChI is InChI=1S/C21H32N6S/c1-16-9-11-27(12-10-16)19-7-5-17(6-8-19)13-23-20(22-2)24-14-18-15-28-21(25-18)26(3)4/h5-8,15-16H,9-14H2,1-4H3,(H2,22,23,24). The van der Waals surface area contributed by atoms with Gasteiger partial charge >= 0.3 is 0 Å². The third kappa shape index (κ3) is 5.61. The molecule has 1 aliphatic rings. The number of hydrogen-bond donors (Lipinski definition) is 2. The molecule has 7 heteroatoms. The summed E-state index contributed by atoms with van der Waals surface area (Å²) in [6.07, 6.45) is 2.58. The van der Waals surface area contributed by atoms with E-state index in [0.29, 0.717) is 6.54 Å². The zero-order valence-electron chi connectivity index (χ0n) is 17.4. The monoisotopic (exact) mass is 400 g/mol. The van der Waals surface area contributed by atoms with Gasteiger partial charge in [0.05, 0.1) is 12.2 Å². The first-order chi connectivity index (χ1) is 13.5. The summed E-state index contributed by atoms with van der Waals surface area (Å²) in [6.45, 7) is 6.10. The van der Waals surface area contributed by atoms with Crippen molar-refractivity contribution in [2.75, 3.05) is 44.0 Å². The van der Waals surface area contributed by atoms with Gasteiger partial charge in [-0.15, -0.1) is 11.3 Å². The predicted octanol–water partition coefficient (Wildman–Crippen LogP) is 3.31. The SMILES string of the molecule is CN=C(NCc1ccc(N2CCC(C)CC2)cc1)NCc1csc(N(C)C)n1. The van der Waals surface area contributed by atoms with E-state index in [-0.39, 0.29) is 0 Å². The van der Waals surface area contributed by atoms with Crippen molar-refractivity contribution >= 4 is 28.1 Å². The lowest BCUT2D eigenvalue weighted by Gasteiger charge is -2.32. The largest absolute Gasteiger partial charge is 0.372 e. The van der Waals surface area contributed by atoms with Crippen molar-refractivity contribution in [2.45, 2.75) is 32.9 Å². The Hall–Kier alpha value is -2.28. The summed E-state index contributed by atoms with van der Waals surface area (Å²) in [5.41, 5.74) is 3.61. The average molecular weight is 401 g/mol. The van der Waals surface area contributed by atoms with E-state index in [0.717, 1.165) is 29.2 Å². The van der Waals surface area contributed by atoms with E-state index in [4.69, 9.17) is 0 Å². The molecule has 1 aliphatic heterocycles. The Balaban J connectivity index is 1.46. The number of rotatable bonds is 6. The van der Waals surface area contributed by atoms with E-state index < -0.39 is 0 Å². The molecule has 2 N–H and O–H groups in total. The van der Waals surface area contributed by atoms with Crippen molar-refractivity contribution < 1.29 is 0 Å². The van der Waals surface area contributed by atoms with Crippen LogP contribution in [0.4, 0.5) is 10.8 Å². The molecule has 1 fully saturated rings. The maximum absolute atomic E-state index is 4.59. The van der Waals surface area contributed by atoms with Crippen LogP contribution in [-0.4, -0.2) is 45.2 Å². The summed E-state index contributed by atoms with van der Waals surface area (Å²) in [5.74, 6) is 1.64. The van der Waals surface area contributed by atoms with Crippen LogP contribution in [0.25, 0.3) is 0 Å². The molecule has 2 aromatic rings. The van der Waals surface area contributed by atoms with E-state index in [1.807, 2.05) is 19.0 Å². The molecule has 1 saturated heterocycles. The van der Waals surface area contributed by atoms with Crippen molar-refractivity contribution in [3.63, 3.8) is 0 Å². The van der Waals surface area contributed by atoms with Crippen LogP contribution in [0, 0.1) is 5.92 Å². The molecule has 0 saturated carbocycles. The van der Waals surface area contributed by atoms with Crippen LogP contribution >= 0.6 is 11.3 Å². The Morgan fingerprint density at radius 3 is 2.46 bits per heavy atom. The number of thiazole rings is 1. The fraction of sp³-hybridized carbons (Fsp3) is 0.524. The fourth-order valence-corrected chi connectivity index (χ4v) is 4.01. The lowest BCUT2D eigenvalue weighted by Crippen LogP contribution is -2.36. The van der Waals surface area contributed by atoms with Gasteiger partial charge in [0.15, 0.2) is 11.1 Å². The molecule has 1 aromatic heterocycles. The van der Waals surface area contributed by atoms with Crippen LogP contribution in [0.3, 0.4) is 0 Å². The number of benzene rings is 1. The summed E-state index contributed by atoms with van der Waals surface area (Å²) >= 11 is 1.65. The number of guanidine groups is 1. The fourth-order valence-electron chi connectivity index (χ4n) is 3.25. The van der Waals surface area contributed by atoms with Gasteiger partial charge in [-0.05, 0) is 36.5 Å². The van der Waals surface area contributed by atoms with Gasteiger partial charge in [0.1, 0.15) is 0 Å². The lowest BCUT2D eigenvalue weighted by atomic mass is 9.99. The number of piperidine rings is 1. The molecule has 0 spiro atoms. The normalized spacial score (nSPS) is 15.6. The third-order valence-electron chi connectivity index (χ3n) is 5.13. The second-order valence-electron chi connectivity index (χ2n) is 7.63. The van der Waals surface area contributed by atoms with Gasteiger partial charge in [0, 0.05) is 51.8 Å². The van der Waals surface area contributed by atoms with Gasteiger partial charge in [-0.2, -0.15) is 0 Å². The van der Waals surface area contributed by atoms with Crippen molar-refractivity contribution in [3.05, 3.63) is 40.9 Å².